The molecule has 0 aliphatic carbocycles. The van der Waals surface area contributed by atoms with Crippen molar-refractivity contribution in [1.82, 2.24) is 4.90 Å². The largest absolute Gasteiger partial charge is 0.334 e. The Kier molecular flexibility index (Phi) is 5.95. The van der Waals surface area contributed by atoms with Crippen LogP contribution in [-0.4, -0.2) is 23.3 Å². The Balaban J connectivity index is 1.43. The van der Waals surface area contributed by atoms with Crippen molar-refractivity contribution < 1.29 is 14.0 Å². The summed E-state index contributed by atoms with van der Waals surface area (Å²) in [5.74, 6) is -0.525. The summed E-state index contributed by atoms with van der Waals surface area (Å²) in [5, 5.41) is 4.95. The van der Waals surface area contributed by atoms with Crippen molar-refractivity contribution in [1.29, 1.82) is 0 Å². The molecule has 0 bridgehead atoms. The molecule has 1 aliphatic heterocycles. The molecule has 2 aromatic carbocycles. The molecule has 0 fully saturated rings. The molecule has 2 amide bonds. The average Bonchev–Trinajstić information content (AvgIpc) is 3.22. The molecule has 4 rings (SSSR count). The third kappa shape index (κ3) is 4.28. The fourth-order valence-corrected chi connectivity index (χ4v) is 4.65. The summed E-state index contributed by atoms with van der Waals surface area (Å²) >= 11 is 1.74. The van der Waals surface area contributed by atoms with Gasteiger partial charge >= 0.3 is 0 Å². The van der Waals surface area contributed by atoms with E-state index in [2.05, 4.69) is 16.8 Å². The topological polar surface area (TPSA) is 49.4 Å². The summed E-state index contributed by atoms with van der Waals surface area (Å²) in [6.45, 7) is 3.17. The van der Waals surface area contributed by atoms with E-state index >= 15 is 0 Å². The number of fused-ring (bicyclic) bond motifs is 1. The number of amides is 2. The molecule has 4 nitrogen and oxygen atoms in total. The number of thiophene rings is 1. The van der Waals surface area contributed by atoms with E-state index in [1.807, 2.05) is 11.8 Å². The van der Waals surface area contributed by atoms with E-state index in [4.69, 9.17) is 0 Å². The Morgan fingerprint density at radius 2 is 1.97 bits per heavy atom. The highest BCUT2D eigenvalue weighted by Crippen LogP contribution is 2.27. The van der Waals surface area contributed by atoms with Crippen LogP contribution in [0.4, 0.5) is 10.1 Å². The molecule has 3 aromatic rings. The summed E-state index contributed by atoms with van der Waals surface area (Å²) < 4.78 is 13.7. The van der Waals surface area contributed by atoms with Crippen molar-refractivity contribution >= 4 is 28.8 Å². The second-order valence-corrected chi connectivity index (χ2v) is 8.46. The van der Waals surface area contributed by atoms with E-state index < -0.39 is 0 Å². The van der Waals surface area contributed by atoms with Gasteiger partial charge in [-0.05, 0) is 66.1 Å². The fraction of sp³-hybridized carbons (Fsp3) is 0.250. The summed E-state index contributed by atoms with van der Waals surface area (Å²) in [6, 6.07) is 13.9. The number of nitrogens with one attached hydrogen (secondary N) is 1. The highest BCUT2D eigenvalue weighted by Gasteiger charge is 2.24. The van der Waals surface area contributed by atoms with Gasteiger partial charge in [-0.15, -0.1) is 11.3 Å². The zero-order valence-corrected chi connectivity index (χ0v) is 17.6. The van der Waals surface area contributed by atoms with E-state index in [0.29, 0.717) is 36.3 Å². The van der Waals surface area contributed by atoms with Crippen LogP contribution in [0.3, 0.4) is 0 Å². The van der Waals surface area contributed by atoms with Crippen molar-refractivity contribution in [2.45, 2.75) is 32.7 Å². The number of benzene rings is 2. The molecule has 0 saturated heterocycles. The quantitative estimate of drug-likeness (QED) is 0.631. The van der Waals surface area contributed by atoms with Gasteiger partial charge in [-0.25, -0.2) is 4.39 Å². The lowest BCUT2D eigenvalue weighted by Crippen LogP contribution is -2.35. The predicted molar refractivity (Wildman–Crippen MR) is 117 cm³/mol. The molecule has 0 spiro atoms. The Labute approximate surface area is 179 Å². The molecule has 1 N–H and O–H groups in total. The highest BCUT2D eigenvalue weighted by molar-refractivity contribution is 7.10. The molecular formula is C24H23FN2O2S. The Bertz CT molecular complexity index is 1090. The van der Waals surface area contributed by atoms with E-state index in [-0.39, 0.29) is 24.1 Å². The first kappa shape index (κ1) is 20.3. The van der Waals surface area contributed by atoms with Crippen LogP contribution in [0.25, 0.3) is 0 Å². The van der Waals surface area contributed by atoms with Gasteiger partial charge in [0.05, 0.1) is 0 Å². The van der Waals surface area contributed by atoms with Crippen LogP contribution >= 0.6 is 11.3 Å². The van der Waals surface area contributed by atoms with Crippen LogP contribution in [0, 0.1) is 12.7 Å². The van der Waals surface area contributed by atoms with E-state index in [9.17, 15) is 14.0 Å². The van der Waals surface area contributed by atoms with Gasteiger partial charge in [0.1, 0.15) is 5.82 Å². The highest BCUT2D eigenvalue weighted by atomic mass is 32.1. The maximum atomic E-state index is 13.7. The summed E-state index contributed by atoms with van der Waals surface area (Å²) in [5.41, 5.74) is 3.70. The first-order valence-corrected chi connectivity index (χ1v) is 10.9. The maximum absolute atomic E-state index is 13.7. The molecule has 0 saturated carbocycles. The van der Waals surface area contributed by atoms with Crippen LogP contribution in [-0.2, 0) is 24.2 Å². The van der Waals surface area contributed by atoms with Gasteiger partial charge in [-0.3, -0.25) is 9.59 Å². The summed E-state index contributed by atoms with van der Waals surface area (Å²) in [7, 11) is 0. The molecule has 1 aliphatic rings. The van der Waals surface area contributed by atoms with Crippen molar-refractivity contribution in [3.63, 3.8) is 0 Å². The van der Waals surface area contributed by atoms with Crippen molar-refractivity contribution in [3.8, 4) is 0 Å². The smallest absolute Gasteiger partial charge is 0.254 e. The number of hydrogen-bond donors (Lipinski definition) is 1. The first-order chi connectivity index (χ1) is 14.5. The number of carbonyl (C=O) groups is 2. The number of halogens is 1. The molecule has 0 atom stereocenters. The first-order valence-electron chi connectivity index (χ1n) is 10.0. The van der Waals surface area contributed by atoms with Gasteiger partial charge < -0.3 is 10.2 Å². The lowest BCUT2D eigenvalue weighted by molar-refractivity contribution is -0.116. The van der Waals surface area contributed by atoms with Crippen LogP contribution < -0.4 is 5.32 Å². The van der Waals surface area contributed by atoms with Gasteiger partial charge in [0.15, 0.2) is 0 Å². The number of nitrogens with zero attached hydrogens (tertiary/aromatic N) is 1. The molecule has 30 heavy (non-hydrogen) atoms. The number of anilines is 1. The van der Waals surface area contributed by atoms with Gasteiger partial charge in [-0.1, -0.05) is 24.3 Å². The zero-order valence-electron chi connectivity index (χ0n) is 16.8. The standard InChI is InChI=1S/C24H23FN2O2S/c1-16-19(24(29)27-13-11-22-18(15-27)12-14-30-22)6-4-8-21(16)26-23(28)10-9-17-5-2-3-7-20(17)25/h2-8,12,14H,9-11,13,15H2,1H3,(H,26,28). The van der Waals surface area contributed by atoms with E-state index in [1.54, 1.807) is 47.7 Å². The third-order valence-corrected chi connectivity index (χ3v) is 6.54. The summed E-state index contributed by atoms with van der Waals surface area (Å²) in [4.78, 5) is 28.7. The van der Waals surface area contributed by atoms with Crippen LogP contribution in [0.5, 0.6) is 0 Å². The molecule has 0 unspecified atom stereocenters. The molecule has 6 heteroatoms. The van der Waals surface area contributed by atoms with Crippen molar-refractivity contribution in [3.05, 3.63) is 86.9 Å². The van der Waals surface area contributed by atoms with Gasteiger partial charge in [0.2, 0.25) is 5.91 Å². The maximum Gasteiger partial charge on any atom is 0.254 e. The van der Waals surface area contributed by atoms with E-state index in [0.717, 1.165) is 12.0 Å². The minimum Gasteiger partial charge on any atom is -0.334 e. The lowest BCUT2D eigenvalue weighted by atomic mass is 10.0. The van der Waals surface area contributed by atoms with Crippen LogP contribution in [0.2, 0.25) is 0 Å². The van der Waals surface area contributed by atoms with Gasteiger partial charge in [-0.2, -0.15) is 0 Å². The predicted octanol–water partition coefficient (Wildman–Crippen LogP) is 4.97. The molecule has 2 heterocycles. The van der Waals surface area contributed by atoms with Gasteiger partial charge in [0, 0.05) is 35.6 Å². The summed E-state index contributed by atoms with van der Waals surface area (Å²) in [6.07, 6.45) is 1.38. The Hall–Kier alpha value is -2.99. The number of rotatable bonds is 5. The minimum absolute atomic E-state index is 0.0215. The van der Waals surface area contributed by atoms with E-state index in [1.165, 1.54) is 16.5 Å². The molecular weight excluding hydrogens is 399 g/mol. The Morgan fingerprint density at radius 1 is 1.13 bits per heavy atom. The second-order valence-electron chi connectivity index (χ2n) is 7.46. The molecule has 0 radical (unpaired) electrons. The fourth-order valence-electron chi connectivity index (χ4n) is 3.76. The zero-order chi connectivity index (χ0) is 21.1. The van der Waals surface area contributed by atoms with Crippen LogP contribution in [0.1, 0.15) is 38.3 Å². The third-order valence-electron chi connectivity index (χ3n) is 5.51. The van der Waals surface area contributed by atoms with Crippen molar-refractivity contribution in [2.24, 2.45) is 0 Å². The van der Waals surface area contributed by atoms with Crippen molar-refractivity contribution in [2.75, 3.05) is 11.9 Å². The normalized spacial score (nSPS) is 13.1. The molecule has 1 aromatic heterocycles. The monoisotopic (exact) mass is 422 g/mol. The lowest BCUT2D eigenvalue weighted by Gasteiger charge is -2.28. The second kappa shape index (κ2) is 8.79. The molecule has 154 valence electrons. The Morgan fingerprint density at radius 3 is 2.80 bits per heavy atom. The average molecular weight is 423 g/mol. The van der Waals surface area contributed by atoms with Crippen LogP contribution in [0.15, 0.2) is 53.9 Å². The number of hydrogen-bond acceptors (Lipinski definition) is 3. The minimum atomic E-state index is -0.301. The number of aryl methyl sites for hydroxylation is 1. The number of carbonyl (C=O) groups excluding carboxylic acids is 2. The van der Waals surface area contributed by atoms with Gasteiger partial charge in [0.25, 0.3) is 5.91 Å². The SMILES string of the molecule is Cc1c(NC(=O)CCc2ccccc2F)cccc1C(=O)N1CCc2sccc2C1.